The van der Waals surface area contributed by atoms with Crippen molar-refractivity contribution in [3.8, 4) is 28.9 Å². The number of ether oxygens (including phenoxy) is 1. The Morgan fingerprint density at radius 3 is 2.56 bits per heavy atom. The zero-order valence-corrected chi connectivity index (χ0v) is 16.3. The van der Waals surface area contributed by atoms with Crippen LogP contribution in [0.2, 0.25) is 0 Å². The summed E-state index contributed by atoms with van der Waals surface area (Å²) >= 11 is 0. The van der Waals surface area contributed by atoms with Crippen LogP contribution in [0.5, 0.6) is 5.75 Å². The van der Waals surface area contributed by atoms with Gasteiger partial charge >= 0.3 is 6.36 Å². The molecule has 0 amide bonds. The molecule has 164 valence electrons. The third-order valence-corrected chi connectivity index (χ3v) is 4.27. The van der Waals surface area contributed by atoms with Gasteiger partial charge in [-0.15, -0.1) is 18.3 Å². The maximum absolute atomic E-state index is 12.3. The van der Waals surface area contributed by atoms with Crippen molar-refractivity contribution < 1.29 is 27.4 Å². The molecule has 0 atom stereocenters. The maximum atomic E-state index is 12.3. The van der Waals surface area contributed by atoms with Gasteiger partial charge in [0.15, 0.2) is 0 Å². The topological polar surface area (TPSA) is 122 Å². The summed E-state index contributed by atoms with van der Waals surface area (Å²) in [5.74, 6) is 0.425. The van der Waals surface area contributed by atoms with Gasteiger partial charge in [-0.05, 0) is 36.8 Å². The number of nitrogens with zero attached hydrogens (tertiary/aromatic N) is 6. The molecule has 0 aliphatic heterocycles. The number of halogens is 3. The highest BCUT2D eigenvalue weighted by molar-refractivity contribution is 5.57. The number of hydrogen-bond acceptors (Lipinski definition) is 8. The minimum Gasteiger partial charge on any atom is -0.406 e. The smallest absolute Gasteiger partial charge is 0.406 e. The molecule has 4 rings (SSSR count). The van der Waals surface area contributed by atoms with Crippen LogP contribution >= 0.6 is 0 Å². The number of hydrogen-bond donors (Lipinski definition) is 0. The fraction of sp³-hybridized carbons (Fsp3) is 0.158. The average Bonchev–Trinajstić information content (AvgIpc) is 3.35. The van der Waals surface area contributed by atoms with Gasteiger partial charge in [0.2, 0.25) is 11.6 Å². The third kappa shape index (κ3) is 4.71. The number of aromatic nitrogens is 5. The Kier molecular flexibility index (Phi) is 5.30. The van der Waals surface area contributed by atoms with Gasteiger partial charge in [-0.1, -0.05) is 17.3 Å². The first-order valence-corrected chi connectivity index (χ1v) is 9.03. The number of rotatable bonds is 6. The molecule has 2 aromatic carbocycles. The van der Waals surface area contributed by atoms with Crippen LogP contribution in [0.1, 0.15) is 11.4 Å². The molecular weight excluding hydrogens is 433 g/mol. The molecular formula is C19H13F3N6O4. The lowest BCUT2D eigenvalue weighted by atomic mass is 10.2. The van der Waals surface area contributed by atoms with Crippen LogP contribution in [0.25, 0.3) is 23.1 Å². The highest BCUT2D eigenvalue weighted by Crippen LogP contribution is 2.26. The summed E-state index contributed by atoms with van der Waals surface area (Å²) in [6.45, 7) is 1.94. The minimum absolute atomic E-state index is 0.0107. The molecule has 0 spiro atoms. The molecule has 0 saturated carbocycles. The zero-order valence-electron chi connectivity index (χ0n) is 16.3. The molecule has 4 aromatic rings. The minimum atomic E-state index is -4.78. The van der Waals surface area contributed by atoms with Crippen LogP contribution in [0.3, 0.4) is 0 Å². The first-order chi connectivity index (χ1) is 15.2. The summed E-state index contributed by atoms with van der Waals surface area (Å²) in [6, 6.07) is 11.1. The Balaban J connectivity index is 1.52. The Morgan fingerprint density at radius 2 is 1.88 bits per heavy atom. The van der Waals surface area contributed by atoms with Gasteiger partial charge in [0.05, 0.1) is 11.5 Å². The van der Waals surface area contributed by atoms with E-state index in [-0.39, 0.29) is 35.5 Å². The van der Waals surface area contributed by atoms with Crippen molar-refractivity contribution in [2.45, 2.75) is 19.8 Å². The number of alkyl halides is 3. The molecule has 0 aliphatic rings. The number of aryl methyl sites for hydroxylation is 1. The molecule has 0 saturated heterocycles. The van der Waals surface area contributed by atoms with E-state index < -0.39 is 11.3 Å². The first kappa shape index (κ1) is 21.0. The molecule has 2 aromatic heterocycles. The highest BCUT2D eigenvalue weighted by Gasteiger charge is 2.31. The van der Waals surface area contributed by atoms with Gasteiger partial charge in [0.1, 0.15) is 11.6 Å². The second-order valence-corrected chi connectivity index (χ2v) is 6.56. The Morgan fingerprint density at radius 1 is 1.12 bits per heavy atom. The van der Waals surface area contributed by atoms with Gasteiger partial charge in [0, 0.05) is 17.7 Å². The van der Waals surface area contributed by atoms with Gasteiger partial charge in [-0.2, -0.15) is 4.98 Å². The van der Waals surface area contributed by atoms with Crippen LogP contribution in [0, 0.1) is 17.0 Å². The monoisotopic (exact) mass is 446 g/mol. The maximum Gasteiger partial charge on any atom is 0.573 e. The van der Waals surface area contributed by atoms with Crippen LogP contribution in [0.4, 0.5) is 18.9 Å². The highest BCUT2D eigenvalue weighted by atomic mass is 19.4. The lowest BCUT2D eigenvalue weighted by Gasteiger charge is -2.08. The van der Waals surface area contributed by atoms with E-state index in [1.54, 1.807) is 19.1 Å². The van der Waals surface area contributed by atoms with Crippen molar-refractivity contribution in [2.75, 3.05) is 0 Å². The summed E-state index contributed by atoms with van der Waals surface area (Å²) in [5, 5.41) is 19.1. The molecule has 0 aliphatic carbocycles. The molecule has 0 bridgehead atoms. The predicted octanol–water partition coefficient (Wildman–Crippen LogP) is 4.16. The second-order valence-electron chi connectivity index (χ2n) is 6.56. The van der Waals surface area contributed by atoms with Crippen molar-refractivity contribution in [2.24, 2.45) is 0 Å². The Labute approximate surface area is 177 Å². The van der Waals surface area contributed by atoms with Crippen molar-refractivity contribution in [1.82, 2.24) is 24.9 Å². The molecule has 13 heteroatoms. The summed E-state index contributed by atoms with van der Waals surface area (Å²) < 4.78 is 47.4. The van der Waals surface area contributed by atoms with E-state index in [2.05, 4.69) is 25.0 Å². The van der Waals surface area contributed by atoms with E-state index in [0.29, 0.717) is 17.0 Å². The Bertz CT molecular complexity index is 1270. The van der Waals surface area contributed by atoms with Gasteiger partial charge < -0.3 is 9.26 Å². The van der Waals surface area contributed by atoms with E-state index in [1.807, 2.05) is 0 Å². The molecule has 32 heavy (non-hydrogen) atoms. The van der Waals surface area contributed by atoms with Crippen molar-refractivity contribution in [1.29, 1.82) is 0 Å². The largest absolute Gasteiger partial charge is 0.573 e. The molecule has 10 nitrogen and oxygen atoms in total. The van der Waals surface area contributed by atoms with E-state index in [9.17, 15) is 23.3 Å². The van der Waals surface area contributed by atoms with Crippen LogP contribution in [-0.2, 0) is 6.54 Å². The molecule has 2 heterocycles. The van der Waals surface area contributed by atoms with Gasteiger partial charge in [-0.25, -0.2) is 9.67 Å². The molecule has 0 radical (unpaired) electrons. The quantitative estimate of drug-likeness (QED) is 0.320. The summed E-state index contributed by atoms with van der Waals surface area (Å²) in [7, 11) is 0. The van der Waals surface area contributed by atoms with Gasteiger partial charge in [-0.3, -0.25) is 10.1 Å². The number of benzene rings is 2. The van der Waals surface area contributed by atoms with E-state index >= 15 is 0 Å². The average molecular weight is 446 g/mol. The number of non-ortho nitro benzene ring substituents is 1. The SMILES string of the molecule is Cc1nc(-c2nc(-c3ccc(OC(F)(F)F)cc3)no2)nn1Cc1cccc([N+](=O)[O-])c1. The van der Waals surface area contributed by atoms with Gasteiger partial charge in [0.25, 0.3) is 11.6 Å². The Hall–Kier alpha value is -4.29. The molecule has 0 fully saturated rings. The van der Waals surface area contributed by atoms with E-state index in [4.69, 9.17) is 4.52 Å². The summed E-state index contributed by atoms with van der Waals surface area (Å²) in [5.41, 5.74) is 1.03. The van der Waals surface area contributed by atoms with Crippen molar-refractivity contribution >= 4 is 5.69 Å². The van der Waals surface area contributed by atoms with Crippen molar-refractivity contribution in [3.63, 3.8) is 0 Å². The predicted molar refractivity (Wildman–Crippen MR) is 102 cm³/mol. The second kappa shape index (κ2) is 8.09. The van der Waals surface area contributed by atoms with Crippen molar-refractivity contribution in [3.05, 3.63) is 70.0 Å². The molecule has 0 unspecified atom stereocenters. The normalized spacial score (nSPS) is 11.5. The van der Waals surface area contributed by atoms with Crippen LogP contribution in [0.15, 0.2) is 53.1 Å². The zero-order chi connectivity index (χ0) is 22.9. The van der Waals surface area contributed by atoms with E-state index in [1.165, 1.54) is 28.9 Å². The number of nitro benzene ring substituents is 1. The first-order valence-electron chi connectivity index (χ1n) is 9.03. The summed E-state index contributed by atoms with van der Waals surface area (Å²) in [6.07, 6.45) is -4.78. The number of nitro groups is 1. The fourth-order valence-electron chi connectivity index (χ4n) is 2.84. The third-order valence-electron chi connectivity index (χ3n) is 4.27. The fourth-order valence-corrected chi connectivity index (χ4v) is 2.84. The summed E-state index contributed by atoms with van der Waals surface area (Å²) in [4.78, 5) is 18.9. The standard InChI is InChI=1S/C19H13F3N6O4/c1-11-23-17(25-27(11)10-12-3-2-4-14(9-12)28(29)30)18-24-16(26-32-18)13-5-7-15(8-6-13)31-19(20,21)22/h2-9H,10H2,1H3. The van der Waals surface area contributed by atoms with E-state index in [0.717, 1.165) is 12.1 Å². The van der Waals surface area contributed by atoms with Crippen LogP contribution < -0.4 is 4.74 Å². The van der Waals surface area contributed by atoms with Crippen LogP contribution in [-0.4, -0.2) is 36.2 Å². The lowest BCUT2D eigenvalue weighted by molar-refractivity contribution is -0.384. The molecule has 0 N–H and O–H groups in total. The lowest BCUT2D eigenvalue weighted by Crippen LogP contribution is -2.16.